The summed E-state index contributed by atoms with van der Waals surface area (Å²) in [6.45, 7) is 0. The summed E-state index contributed by atoms with van der Waals surface area (Å²) in [6.07, 6.45) is 0. The maximum atomic E-state index is 5.05. The molecular formula is C56H36N4S. The molecule has 0 N–H and O–H groups in total. The van der Waals surface area contributed by atoms with E-state index in [1.54, 1.807) is 0 Å². The Hall–Kier alpha value is -7.86. The summed E-state index contributed by atoms with van der Waals surface area (Å²) in [5.41, 5.74) is 14.5. The zero-order valence-electron chi connectivity index (χ0n) is 33.0. The number of thiophene rings is 1. The Morgan fingerprint density at radius 2 is 0.656 bits per heavy atom. The van der Waals surface area contributed by atoms with Crippen LogP contribution in [0, 0.1) is 0 Å². The van der Waals surface area contributed by atoms with Gasteiger partial charge < -0.3 is 0 Å². The molecule has 0 amide bonds. The first kappa shape index (κ1) is 36.2. The lowest BCUT2D eigenvalue weighted by Crippen LogP contribution is -1.95. The summed E-state index contributed by atoms with van der Waals surface area (Å²) in [7, 11) is 0. The molecule has 0 spiro atoms. The van der Waals surface area contributed by atoms with E-state index in [1.807, 2.05) is 84.1 Å². The molecule has 5 heteroatoms. The molecule has 3 heterocycles. The molecule has 3 aromatic heterocycles. The molecule has 11 rings (SSSR count). The number of hydrogen-bond donors (Lipinski definition) is 0. The van der Waals surface area contributed by atoms with Crippen molar-refractivity contribution in [3.05, 3.63) is 218 Å². The summed E-state index contributed by atoms with van der Waals surface area (Å²) in [6, 6.07) is 76.2. The maximum Gasteiger partial charge on any atom is 0.160 e. The Morgan fingerprint density at radius 3 is 1.10 bits per heavy atom. The molecule has 0 radical (unpaired) electrons. The topological polar surface area (TPSA) is 51.6 Å². The van der Waals surface area contributed by atoms with Gasteiger partial charge in [0.05, 0.1) is 22.8 Å². The smallest absolute Gasteiger partial charge is 0.160 e. The van der Waals surface area contributed by atoms with E-state index in [2.05, 4.69) is 146 Å². The van der Waals surface area contributed by atoms with E-state index in [0.29, 0.717) is 11.6 Å². The number of nitrogens with zero attached hydrogens (tertiary/aromatic N) is 4. The van der Waals surface area contributed by atoms with Gasteiger partial charge in [-0.15, -0.1) is 11.3 Å². The molecule has 0 fully saturated rings. The second kappa shape index (κ2) is 15.7. The number of rotatable bonds is 8. The minimum Gasteiger partial charge on any atom is -0.228 e. The monoisotopic (exact) mass is 796 g/mol. The first-order valence-corrected chi connectivity index (χ1v) is 21.2. The Morgan fingerprint density at radius 1 is 0.262 bits per heavy atom. The molecular weight excluding hydrogens is 761 g/mol. The summed E-state index contributed by atoms with van der Waals surface area (Å²) >= 11 is 1.84. The van der Waals surface area contributed by atoms with Crippen molar-refractivity contribution in [1.29, 1.82) is 0 Å². The Kier molecular flexibility index (Phi) is 9.34. The average Bonchev–Trinajstić information content (AvgIpc) is 3.73. The van der Waals surface area contributed by atoms with Crippen molar-refractivity contribution < 1.29 is 0 Å². The molecule has 286 valence electrons. The molecule has 0 bridgehead atoms. The first-order chi connectivity index (χ1) is 30.2. The third-order valence-electron chi connectivity index (χ3n) is 11.2. The molecule has 0 aliphatic heterocycles. The predicted octanol–water partition coefficient (Wildman–Crippen LogP) is 15.0. The van der Waals surface area contributed by atoms with Gasteiger partial charge in [0.15, 0.2) is 11.6 Å². The fraction of sp³-hybridized carbons (Fsp3) is 0. The lowest BCUT2D eigenvalue weighted by Gasteiger charge is -2.10. The van der Waals surface area contributed by atoms with E-state index < -0.39 is 0 Å². The van der Waals surface area contributed by atoms with Gasteiger partial charge in [-0.1, -0.05) is 194 Å². The van der Waals surface area contributed by atoms with Crippen LogP contribution in [-0.2, 0) is 0 Å². The molecule has 0 aliphatic carbocycles. The molecule has 0 unspecified atom stereocenters. The van der Waals surface area contributed by atoms with Gasteiger partial charge in [0.25, 0.3) is 0 Å². The van der Waals surface area contributed by atoms with Gasteiger partial charge in [-0.25, -0.2) is 19.9 Å². The van der Waals surface area contributed by atoms with Gasteiger partial charge in [0.1, 0.15) is 0 Å². The molecule has 11 aromatic rings. The van der Waals surface area contributed by atoms with E-state index >= 15 is 0 Å². The van der Waals surface area contributed by atoms with Gasteiger partial charge in [-0.3, -0.25) is 0 Å². The Labute approximate surface area is 358 Å². The molecule has 0 atom stereocenters. The molecule has 0 aliphatic rings. The number of hydrogen-bond acceptors (Lipinski definition) is 5. The highest BCUT2D eigenvalue weighted by Gasteiger charge is 2.15. The number of benzene rings is 8. The van der Waals surface area contributed by atoms with Crippen molar-refractivity contribution in [2.24, 2.45) is 0 Å². The summed E-state index contributed by atoms with van der Waals surface area (Å²) in [5, 5.41) is 2.51. The third-order valence-corrected chi connectivity index (χ3v) is 12.4. The molecule has 61 heavy (non-hydrogen) atoms. The second-order valence-corrected chi connectivity index (χ2v) is 16.1. The average molecular weight is 797 g/mol. The van der Waals surface area contributed by atoms with Crippen LogP contribution in [0.5, 0.6) is 0 Å². The lowest BCUT2D eigenvalue weighted by atomic mass is 9.99. The van der Waals surface area contributed by atoms with Crippen LogP contribution in [0.1, 0.15) is 0 Å². The zero-order valence-corrected chi connectivity index (χ0v) is 33.8. The highest BCUT2D eigenvalue weighted by Crippen LogP contribution is 2.42. The summed E-state index contributed by atoms with van der Waals surface area (Å²) < 4.78 is 2.54. The second-order valence-electron chi connectivity index (χ2n) is 15.0. The van der Waals surface area contributed by atoms with Crippen LogP contribution >= 0.6 is 11.3 Å². The quantitative estimate of drug-likeness (QED) is 0.154. The van der Waals surface area contributed by atoms with Crippen LogP contribution < -0.4 is 0 Å². The number of fused-ring (bicyclic) bond motifs is 3. The standard InChI is InChI=1S/C56H36N4S/c1-5-14-39(15-6-1)49-35-50(40-16-7-2-8-17-40)58-55(57-49)43-28-24-37(25-29-43)45-32-33-53-48(34-45)47-23-13-22-46(54(47)61-53)38-26-30-44(31-27-38)56-59-51(41-18-9-3-10-19-41)36-52(60-56)42-20-11-4-12-21-42/h1-36H. The van der Waals surface area contributed by atoms with Crippen LogP contribution in [-0.4, -0.2) is 19.9 Å². The predicted molar refractivity (Wildman–Crippen MR) is 254 cm³/mol. The van der Waals surface area contributed by atoms with Gasteiger partial charge >= 0.3 is 0 Å². The Balaban J connectivity index is 0.911. The highest BCUT2D eigenvalue weighted by molar-refractivity contribution is 7.26. The van der Waals surface area contributed by atoms with Crippen molar-refractivity contribution in [3.8, 4) is 90.1 Å². The number of aromatic nitrogens is 4. The van der Waals surface area contributed by atoms with E-state index in [0.717, 1.165) is 67.3 Å². The van der Waals surface area contributed by atoms with E-state index in [9.17, 15) is 0 Å². The van der Waals surface area contributed by atoms with Crippen LogP contribution in [0.2, 0.25) is 0 Å². The van der Waals surface area contributed by atoms with Crippen molar-refractivity contribution >= 4 is 31.5 Å². The van der Waals surface area contributed by atoms with Crippen LogP contribution in [0.15, 0.2) is 218 Å². The fourth-order valence-electron chi connectivity index (χ4n) is 8.00. The van der Waals surface area contributed by atoms with Gasteiger partial charge in [-0.05, 0) is 46.5 Å². The normalized spacial score (nSPS) is 11.3. The van der Waals surface area contributed by atoms with E-state index in [-0.39, 0.29) is 0 Å². The Bertz CT molecular complexity index is 3200. The molecule has 8 aromatic carbocycles. The minimum atomic E-state index is 0.705. The maximum absolute atomic E-state index is 5.05. The van der Waals surface area contributed by atoms with E-state index in [4.69, 9.17) is 19.9 Å². The van der Waals surface area contributed by atoms with Crippen molar-refractivity contribution in [1.82, 2.24) is 19.9 Å². The largest absolute Gasteiger partial charge is 0.228 e. The van der Waals surface area contributed by atoms with Crippen molar-refractivity contribution in [2.75, 3.05) is 0 Å². The molecule has 4 nitrogen and oxygen atoms in total. The van der Waals surface area contributed by atoms with Crippen molar-refractivity contribution in [2.45, 2.75) is 0 Å². The summed E-state index contributed by atoms with van der Waals surface area (Å²) in [5.74, 6) is 1.41. The van der Waals surface area contributed by atoms with Gasteiger partial charge in [0, 0.05) is 53.6 Å². The first-order valence-electron chi connectivity index (χ1n) is 20.4. The minimum absolute atomic E-state index is 0.705. The van der Waals surface area contributed by atoms with E-state index in [1.165, 1.54) is 31.3 Å². The zero-order chi connectivity index (χ0) is 40.5. The van der Waals surface area contributed by atoms with Gasteiger partial charge in [-0.2, -0.15) is 0 Å². The summed E-state index contributed by atoms with van der Waals surface area (Å²) in [4.78, 5) is 20.2. The highest BCUT2D eigenvalue weighted by atomic mass is 32.1. The van der Waals surface area contributed by atoms with Gasteiger partial charge in [0.2, 0.25) is 0 Å². The fourth-order valence-corrected chi connectivity index (χ4v) is 9.21. The lowest BCUT2D eigenvalue weighted by molar-refractivity contribution is 1.18. The molecule has 0 saturated carbocycles. The van der Waals surface area contributed by atoms with Crippen LogP contribution in [0.4, 0.5) is 0 Å². The van der Waals surface area contributed by atoms with Crippen molar-refractivity contribution in [3.63, 3.8) is 0 Å². The van der Waals surface area contributed by atoms with Crippen LogP contribution in [0.25, 0.3) is 110 Å². The molecule has 0 saturated heterocycles. The third kappa shape index (κ3) is 7.18. The SMILES string of the molecule is c1ccc(-c2cc(-c3ccccc3)nc(-c3ccc(-c4ccc5sc6c(-c7ccc(-c8nc(-c9ccccc9)cc(-c9ccccc9)n8)cc7)cccc6c5c4)cc3)n2)cc1. The van der Waals surface area contributed by atoms with Crippen LogP contribution in [0.3, 0.4) is 0 Å².